The molecular formula is C21H19N5O2. The standard InChI is InChI=1S/C21H19N5O2/c1-14(2)21(27)22-16-8-10-17(11-9-16)28-19-13-12-18-23-24-20(26(18)25-19)15-6-4-3-5-7-15/h3-14H,1-2H3,(H,22,27). The van der Waals surface area contributed by atoms with Crippen molar-refractivity contribution in [2.75, 3.05) is 5.32 Å². The number of nitrogens with one attached hydrogen (secondary N) is 1. The summed E-state index contributed by atoms with van der Waals surface area (Å²) in [6.07, 6.45) is 0. The van der Waals surface area contributed by atoms with Gasteiger partial charge in [0.15, 0.2) is 11.5 Å². The fraction of sp³-hybridized carbons (Fsp3) is 0.143. The molecule has 7 nitrogen and oxygen atoms in total. The molecule has 140 valence electrons. The first kappa shape index (κ1) is 17.7. The molecule has 4 aromatic rings. The summed E-state index contributed by atoms with van der Waals surface area (Å²) in [4.78, 5) is 11.8. The van der Waals surface area contributed by atoms with Crippen LogP contribution in [0, 0.1) is 5.92 Å². The van der Waals surface area contributed by atoms with Gasteiger partial charge < -0.3 is 10.1 Å². The molecule has 1 N–H and O–H groups in total. The highest BCUT2D eigenvalue weighted by Crippen LogP contribution is 2.23. The van der Waals surface area contributed by atoms with Crippen LogP contribution in [0.2, 0.25) is 0 Å². The van der Waals surface area contributed by atoms with E-state index in [1.807, 2.05) is 44.2 Å². The van der Waals surface area contributed by atoms with Crippen LogP contribution < -0.4 is 10.1 Å². The van der Waals surface area contributed by atoms with E-state index in [2.05, 4.69) is 20.6 Å². The van der Waals surface area contributed by atoms with Crippen molar-refractivity contribution in [1.29, 1.82) is 0 Å². The summed E-state index contributed by atoms with van der Waals surface area (Å²) in [6, 6.07) is 20.4. The molecule has 0 aliphatic carbocycles. The summed E-state index contributed by atoms with van der Waals surface area (Å²) in [6.45, 7) is 3.70. The lowest BCUT2D eigenvalue weighted by molar-refractivity contribution is -0.118. The zero-order valence-electron chi connectivity index (χ0n) is 15.5. The van der Waals surface area contributed by atoms with Gasteiger partial charge in [-0.2, -0.15) is 4.52 Å². The highest BCUT2D eigenvalue weighted by molar-refractivity contribution is 5.92. The van der Waals surface area contributed by atoms with Crippen LogP contribution in [0.1, 0.15) is 13.8 Å². The first-order valence-corrected chi connectivity index (χ1v) is 8.97. The van der Waals surface area contributed by atoms with Crippen molar-refractivity contribution in [2.24, 2.45) is 5.92 Å². The molecule has 7 heteroatoms. The van der Waals surface area contributed by atoms with Gasteiger partial charge in [-0.1, -0.05) is 44.2 Å². The maximum Gasteiger partial charge on any atom is 0.237 e. The van der Waals surface area contributed by atoms with Crippen molar-refractivity contribution in [1.82, 2.24) is 19.8 Å². The molecule has 2 aromatic carbocycles. The molecule has 0 saturated heterocycles. The van der Waals surface area contributed by atoms with Gasteiger partial charge in [-0.25, -0.2) is 0 Å². The van der Waals surface area contributed by atoms with E-state index in [1.54, 1.807) is 40.9 Å². The Kier molecular flexibility index (Phi) is 4.72. The molecule has 0 atom stereocenters. The molecule has 0 unspecified atom stereocenters. The summed E-state index contributed by atoms with van der Waals surface area (Å²) in [5.74, 6) is 1.58. The normalized spacial score (nSPS) is 11.0. The molecule has 0 aliphatic rings. The van der Waals surface area contributed by atoms with Crippen molar-refractivity contribution >= 4 is 17.2 Å². The minimum absolute atomic E-state index is 0.0261. The lowest BCUT2D eigenvalue weighted by Crippen LogP contribution is -2.17. The minimum Gasteiger partial charge on any atom is -0.438 e. The van der Waals surface area contributed by atoms with E-state index >= 15 is 0 Å². The Labute approximate surface area is 162 Å². The molecule has 0 bridgehead atoms. The van der Waals surface area contributed by atoms with E-state index in [9.17, 15) is 4.79 Å². The van der Waals surface area contributed by atoms with Crippen LogP contribution in [0.5, 0.6) is 11.6 Å². The number of benzene rings is 2. The molecule has 2 heterocycles. The number of hydrogen-bond acceptors (Lipinski definition) is 5. The Bertz CT molecular complexity index is 1100. The summed E-state index contributed by atoms with van der Waals surface area (Å²) in [7, 11) is 0. The van der Waals surface area contributed by atoms with E-state index in [0.717, 1.165) is 11.3 Å². The zero-order chi connectivity index (χ0) is 19.5. The molecule has 4 rings (SSSR count). The van der Waals surface area contributed by atoms with Crippen molar-refractivity contribution in [3.05, 3.63) is 66.7 Å². The van der Waals surface area contributed by atoms with Crippen molar-refractivity contribution in [2.45, 2.75) is 13.8 Å². The highest BCUT2D eigenvalue weighted by atomic mass is 16.5. The highest BCUT2D eigenvalue weighted by Gasteiger charge is 2.11. The lowest BCUT2D eigenvalue weighted by atomic mass is 10.2. The van der Waals surface area contributed by atoms with Crippen molar-refractivity contribution in [3.63, 3.8) is 0 Å². The summed E-state index contributed by atoms with van der Waals surface area (Å²) < 4.78 is 7.51. The minimum atomic E-state index is -0.0746. The maximum absolute atomic E-state index is 11.8. The monoisotopic (exact) mass is 373 g/mol. The Morgan fingerprint density at radius 1 is 0.964 bits per heavy atom. The number of ether oxygens (including phenoxy) is 1. The molecule has 0 saturated carbocycles. The summed E-state index contributed by atoms with van der Waals surface area (Å²) >= 11 is 0. The molecule has 0 radical (unpaired) electrons. The van der Waals surface area contributed by atoms with Crippen molar-refractivity contribution in [3.8, 4) is 23.0 Å². The van der Waals surface area contributed by atoms with E-state index < -0.39 is 0 Å². The fourth-order valence-electron chi connectivity index (χ4n) is 2.61. The second kappa shape index (κ2) is 7.48. The second-order valence-corrected chi connectivity index (χ2v) is 6.60. The van der Waals surface area contributed by atoms with Crippen molar-refractivity contribution < 1.29 is 9.53 Å². The molecule has 28 heavy (non-hydrogen) atoms. The molecule has 0 fully saturated rings. The number of hydrogen-bond donors (Lipinski definition) is 1. The van der Waals surface area contributed by atoms with Crippen LogP contribution in [-0.4, -0.2) is 25.7 Å². The molecular weight excluding hydrogens is 354 g/mol. The quantitative estimate of drug-likeness (QED) is 0.568. The maximum atomic E-state index is 11.8. The number of aromatic nitrogens is 4. The number of fused-ring (bicyclic) bond motifs is 1. The number of rotatable bonds is 5. The smallest absolute Gasteiger partial charge is 0.237 e. The number of nitrogens with zero attached hydrogens (tertiary/aromatic N) is 4. The van der Waals surface area contributed by atoms with Gasteiger partial charge in [-0.05, 0) is 30.3 Å². The number of anilines is 1. The third-order valence-corrected chi connectivity index (χ3v) is 4.14. The molecule has 1 amide bonds. The molecule has 2 aromatic heterocycles. The van der Waals surface area contributed by atoms with Crippen LogP contribution in [0.3, 0.4) is 0 Å². The SMILES string of the molecule is CC(C)C(=O)Nc1ccc(Oc2ccc3nnc(-c4ccccc4)n3n2)cc1. The summed E-state index contributed by atoms with van der Waals surface area (Å²) in [5.41, 5.74) is 2.28. The van der Waals surface area contributed by atoms with E-state index in [-0.39, 0.29) is 11.8 Å². The third kappa shape index (κ3) is 3.68. The average Bonchev–Trinajstić information content (AvgIpc) is 3.13. The van der Waals surface area contributed by atoms with Gasteiger partial charge >= 0.3 is 0 Å². The van der Waals surface area contributed by atoms with Gasteiger partial charge in [0, 0.05) is 23.2 Å². The zero-order valence-corrected chi connectivity index (χ0v) is 15.5. The average molecular weight is 373 g/mol. The van der Waals surface area contributed by atoms with Gasteiger partial charge in [0.2, 0.25) is 11.8 Å². The van der Waals surface area contributed by atoms with Crippen LogP contribution in [0.25, 0.3) is 17.0 Å². The largest absolute Gasteiger partial charge is 0.438 e. The predicted octanol–water partition coefficient (Wildman–Crippen LogP) is 4.18. The Morgan fingerprint density at radius 2 is 1.71 bits per heavy atom. The predicted molar refractivity (Wildman–Crippen MR) is 106 cm³/mol. The van der Waals surface area contributed by atoms with E-state index in [1.165, 1.54) is 0 Å². The van der Waals surface area contributed by atoms with Crippen LogP contribution in [0.4, 0.5) is 5.69 Å². The van der Waals surface area contributed by atoms with Crippen LogP contribution >= 0.6 is 0 Å². The molecule has 0 spiro atoms. The van der Waals surface area contributed by atoms with Gasteiger partial charge in [0.05, 0.1) is 0 Å². The first-order valence-electron chi connectivity index (χ1n) is 8.97. The first-order chi connectivity index (χ1) is 13.6. The van der Waals surface area contributed by atoms with Gasteiger partial charge in [0.1, 0.15) is 5.75 Å². The number of carbonyl (C=O) groups excluding carboxylic acids is 1. The van der Waals surface area contributed by atoms with E-state index in [0.29, 0.717) is 23.1 Å². The van der Waals surface area contributed by atoms with Crippen LogP contribution in [0.15, 0.2) is 66.7 Å². The second-order valence-electron chi connectivity index (χ2n) is 6.60. The Morgan fingerprint density at radius 3 is 2.43 bits per heavy atom. The topological polar surface area (TPSA) is 81.4 Å². The Hall–Kier alpha value is -3.74. The Balaban J connectivity index is 1.56. The number of carbonyl (C=O) groups is 1. The van der Waals surface area contributed by atoms with Gasteiger partial charge in [-0.15, -0.1) is 15.3 Å². The fourth-order valence-corrected chi connectivity index (χ4v) is 2.61. The lowest BCUT2D eigenvalue weighted by Gasteiger charge is -2.09. The van der Waals surface area contributed by atoms with Gasteiger partial charge in [0.25, 0.3) is 0 Å². The van der Waals surface area contributed by atoms with E-state index in [4.69, 9.17) is 4.74 Å². The van der Waals surface area contributed by atoms with Gasteiger partial charge in [-0.3, -0.25) is 4.79 Å². The summed E-state index contributed by atoms with van der Waals surface area (Å²) in [5, 5.41) is 15.7. The molecule has 0 aliphatic heterocycles. The van der Waals surface area contributed by atoms with Crippen LogP contribution in [-0.2, 0) is 4.79 Å². The number of amides is 1. The third-order valence-electron chi connectivity index (χ3n) is 4.14.